The van der Waals surface area contributed by atoms with Gasteiger partial charge in [-0.25, -0.2) is 0 Å². The molecule has 0 spiro atoms. The molecule has 1 amide bonds. The van der Waals surface area contributed by atoms with Gasteiger partial charge in [0, 0.05) is 13.1 Å². The molecule has 1 saturated heterocycles. The third-order valence-electron chi connectivity index (χ3n) is 3.63. The minimum absolute atomic E-state index is 0.105. The van der Waals surface area contributed by atoms with Crippen LogP contribution in [0.5, 0.6) is 0 Å². The molecule has 1 aliphatic rings. The van der Waals surface area contributed by atoms with Gasteiger partial charge in [0.05, 0.1) is 18.7 Å². The number of furan rings is 1. The molecule has 10 heteroatoms. The smallest absolute Gasteiger partial charge is 0.240 e. The van der Waals surface area contributed by atoms with Crippen LogP contribution < -0.4 is 5.32 Å². The van der Waals surface area contributed by atoms with Gasteiger partial charge in [-0.05, 0) is 19.1 Å². The molecule has 0 radical (unpaired) electrons. The zero-order chi connectivity index (χ0) is 16.5. The first-order valence-corrected chi connectivity index (χ1v) is 8.19. The van der Waals surface area contributed by atoms with Crippen LogP contribution in [0, 0.1) is 6.92 Å². The summed E-state index contributed by atoms with van der Waals surface area (Å²) >= 11 is 1.35. The van der Waals surface area contributed by atoms with Crippen LogP contribution in [-0.4, -0.2) is 50.8 Å². The van der Waals surface area contributed by atoms with Gasteiger partial charge in [-0.2, -0.15) is 4.98 Å². The Morgan fingerprint density at radius 3 is 3.04 bits per heavy atom. The summed E-state index contributed by atoms with van der Waals surface area (Å²) in [5, 5.41) is 15.7. The van der Waals surface area contributed by atoms with Gasteiger partial charge in [0.25, 0.3) is 0 Å². The predicted octanol–water partition coefficient (Wildman–Crippen LogP) is 1.53. The van der Waals surface area contributed by atoms with Gasteiger partial charge >= 0.3 is 0 Å². The fourth-order valence-corrected chi connectivity index (χ4v) is 3.08. The molecule has 9 nitrogen and oxygen atoms in total. The molecule has 0 atom stereocenters. The fraction of sp³-hybridized carbons (Fsp3) is 0.357. The topological polar surface area (TPSA) is 110 Å². The molecule has 1 fully saturated rings. The van der Waals surface area contributed by atoms with Crippen LogP contribution in [0.15, 0.2) is 27.3 Å². The Hall–Kier alpha value is -2.59. The maximum absolute atomic E-state index is 11.9. The Labute approximate surface area is 140 Å². The molecular formula is C14H14N6O3S. The number of hydrogen-bond donors (Lipinski definition) is 1. The van der Waals surface area contributed by atoms with Gasteiger partial charge in [0.2, 0.25) is 22.8 Å². The number of carbonyl (C=O) groups is 1. The second-order valence-corrected chi connectivity index (χ2v) is 6.68. The van der Waals surface area contributed by atoms with Gasteiger partial charge in [0.1, 0.15) is 5.01 Å². The van der Waals surface area contributed by atoms with Crippen molar-refractivity contribution in [3.63, 3.8) is 0 Å². The number of carbonyl (C=O) groups excluding carboxylic acids is 1. The molecule has 3 aromatic rings. The van der Waals surface area contributed by atoms with Crippen LogP contribution >= 0.6 is 11.3 Å². The minimum atomic E-state index is -0.105. The first-order valence-electron chi connectivity index (χ1n) is 7.37. The summed E-state index contributed by atoms with van der Waals surface area (Å²) < 4.78 is 10.5. The number of rotatable bonds is 5. The number of anilines is 1. The highest BCUT2D eigenvalue weighted by Gasteiger charge is 2.34. The van der Waals surface area contributed by atoms with Gasteiger partial charge in [-0.15, -0.1) is 10.2 Å². The van der Waals surface area contributed by atoms with E-state index >= 15 is 0 Å². The van der Waals surface area contributed by atoms with E-state index in [2.05, 4.69) is 25.7 Å². The summed E-state index contributed by atoms with van der Waals surface area (Å²) in [6.07, 6.45) is 1.56. The molecule has 124 valence electrons. The van der Waals surface area contributed by atoms with Gasteiger partial charge in [-0.3, -0.25) is 15.0 Å². The fourth-order valence-electron chi connectivity index (χ4n) is 2.47. The lowest BCUT2D eigenvalue weighted by Gasteiger charge is -2.36. The highest BCUT2D eigenvalue weighted by Crippen LogP contribution is 2.27. The van der Waals surface area contributed by atoms with Crippen LogP contribution in [0.1, 0.15) is 16.8 Å². The molecule has 1 aliphatic heterocycles. The highest BCUT2D eigenvalue weighted by atomic mass is 32.1. The summed E-state index contributed by atoms with van der Waals surface area (Å²) in [6.45, 7) is 3.54. The molecule has 0 aromatic carbocycles. The first kappa shape index (κ1) is 15.0. The lowest BCUT2D eigenvalue weighted by molar-refractivity contribution is -0.118. The normalized spacial score (nSPS) is 15.4. The lowest BCUT2D eigenvalue weighted by Crippen LogP contribution is -2.48. The Morgan fingerprint density at radius 1 is 1.46 bits per heavy atom. The van der Waals surface area contributed by atoms with E-state index in [1.54, 1.807) is 18.4 Å². The predicted molar refractivity (Wildman–Crippen MR) is 84.5 cm³/mol. The molecule has 0 unspecified atom stereocenters. The summed E-state index contributed by atoms with van der Waals surface area (Å²) in [5.41, 5.74) is 0. The second kappa shape index (κ2) is 6.13. The maximum Gasteiger partial charge on any atom is 0.240 e. The van der Waals surface area contributed by atoms with E-state index in [-0.39, 0.29) is 11.8 Å². The molecule has 0 saturated carbocycles. The van der Waals surface area contributed by atoms with Crippen LogP contribution in [0.25, 0.3) is 11.6 Å². The van der Waals surface area contributed by atoms with Crippen LogP contribution in [0.3, 0.4) is 0 Å². The Kier molecular flexibility index (Phi) is 3.82. The zero-order valence-corrected chi connectivity index (χ0v) is 13.6. The van der Waals surface area contributed by atoms with Crippen molar-refractivity contribution in [3.8, 4) is 11.6 Å². The average molecular weight is 346 g/mol. The molecule has 24 heavy (non-hydrogen) atoms. The molecule has 0 aliphatic carbocycles. The molecule has 0 bridgehead atoms. The summed E-state index contributed by atoms with van der Waals surface area (Å²) in [7, 11) is 0. The van der Waals surface area contributed by atoms with Crippen molar-refractivity contribution in [2.24, 2.45) is 0 Å². The van der Waals surface area contributed by atoms with Crippen molar-refractivity contribution in [1.82, 2.24) is 25.2 Å². The van der Waals surface area contributed by atoms with Crippen molar-refractivity contribution in [1.29, 1.82) is 0 Å². The van der Waals surface area contributed by atoms with Gasteiger partial charge in [0.15, 0.2) is 5.76 Å². The molecule has 1 N–H and O–H groups in total. The van der Waals surface area contributed by atoms with E-state index in [1.165, 1.54) is 11.3 Å². The minimum Gasteiger partial charge on any atom is -0.461 e. The van der Waals surface area contributed by atoms with Crippen molar-refractivity contribution in [2.75, 3.05) is 25.0 Å². The Bertz CT molecular complexity index is 836. The van der Waals surface area contributed by atoms with Gasteiger partial charge in [-0.1, -0.05) is 16.5 Å². The number of aromatic nitrogens is 4. The first-order chi connectivity index (χ1) is 11.7. The molecule has 4 rings (SSSR count). The molecular weight excluding hydrogens is 332 g/mol. The quantitative estimate of drug-likeness (QED) is 0.740. The highest BCUT2D eigenvalue weighted by molar-refractivity contribution is 7.15. The number of nitrogens with zero attached hydrogens (tertiary/aromatic N) is 5. The van der Waals surface area contributed by atoms with E-state index < -0.39 is 0 Å². The third kappa shape index (κ3) is 3.05. The molecule has 3 aromatic heterocycles. The average Bonchev–Trinajstić information content (AvgIpc) is 3.23. The van der Waals surface area contributed by atoms with E-state index in [9.17, 15) is 4.79 Å². The Morgan fingerprint density at radius 2 is 2.33 bits per heavy atom. The summed E-state index contributed by atoms with van der Waals surface area (Å²) in [6, 6.07) is 3.55. The maximum atomic E-state index is 11.9. The summed E-state index contributed by atoms with van der Waals surface area (Å²) in [5.74, 6) is 1.62. The van der Waals surface area contributed by atoms with Crippen molar-refractivity contribution < 1.29 is 13.7 Å². The standard InChI is InChI=1S/C14H14N6O3S/c1-8-17-18-14(24-8)15-11(21)7-20-5-9(6-20)13-16-12(19-23-13)10-3-2-4-22-10/h2-4,9H,5-7H2,1H3,(H,15,18,21). The third-order valence-corrected chi connectivity index (χ3v) is 4.38. The lowest BCUT2D eigenvalue weighted by atomic mass is 10.0. The van der Waals surface area contributed by atoms with Crippen molar-refractivity contribution in [3.05, 3.63) is 29.3 Å². The second-order valence-electron chi connectivity index (χ2n) is 5.50. The zero-order valence-electron chi connectivity index (χ0n) is 12.8. The van der Waals surface area contributed by atoms with E-state index in [4.69, 9.17) is 8.94 Å². The van der Waals surface area contributed by atoms with Crippen LogP contribution in [0.4, 0.5) is 5.13 Å². The number of aryl methyl sites for hydroxylation is 1. The van der Waals surface area contributed by atoms with Crippen LogP contribution in [0.2, 0.25) is 0 Å². The molecule has 4 heterocycles. The van der Waals surface area contributed by atoms with Crippen molar-refractivity contribution in [2.45, 2.75) is 12.8 Å². The van der Waals surface area contributed by atoms with Crippen molar-refractivity contribution >= 4 is 22.4 Å². The number of likely N-dealkylation sites (tertiary alicyclic amines) is 1. The number of nitrogens with one attached hydrogen (secondary N) is 1. The largest absolute Gasteiger partial charge is 0.461 e. The van der Waals surface area contributed by atoms with E-state index in [0.29, 0.717) is 42.2 Å². The monoisotopic (exact) mass is 346 g/mol. The van der Waals surface area contributed by atoms with Gasteiger partial charge < -0.3 is 8.94 Å². The van der Waals surface area contributed by atoms with Crippen LogP contribution in [-0.2, 0) is 4.79 Å². The van der Waals surface area contributed by atoms with E-state index in [1.807, 2.05) is 11.8 Å². The Balaban J connectivity index is 1.28. The number of hydrogen-bond acceptors (Lipinski definition) is 9. The SMILES string of the molecule is Cc1nnc(NC(=O)CN2CC(c3nc(-c4ccco4)no3)C2)s1. The number of amides is 1. The van der Waals surface area contributed by atoms with E-state index in [0.717, 1.165) is 5.01 Å². The summed E-state index contributed by atoms with van der Waals surface area (Å²) in [4.78, 5) is 18.3.